The zero-order valence-corrected chi connectivity index (χ0v) is 11.6. The lowest BCUT2D eigenvalue weighted by Crippen LogP contribution is -2.19. The van der Waals surface area contributed by atoms with Crippen LogP contribution in [0.5, 0.6) is 0 Å². The van der Waals surface area contributed by atoms with Crippen LogP contribution in [0.1, 0.15) is 17.4 Å². The molecule has 0 spiro atoms. The molecule has 3 N–H and O–H groups in total. The van der Waals surface area contributed by atoms with Crippen LogP contribution in [0.4, 0.5) is 11.4 Å². The summed E-state index contributed by atoms with van der Waals surface area (Å²) < 4.78 is 1.58. The predicted molar refractivity (Wildman–Crippen MR) is 82.0 cm³/mol. The average Bonchev–Trinajstić information content (AvgIpc) is 2.88. The van der Waals surface area contributed by atoms with Gasteiger partial charge in [-0.2, -0.15) is 5.10 Å². The molecule has 0 unspecified atom stereocenters. The number of anilines is 2. The third-order valence-electron chi connectivity index (χ3n) is 3.28. The number of hydrogen-bond acceptors (Lipinski definition) is 4. The summed E-state index contributed by atoms with van der Waals surface area (Å²) in [6.45, 7) is 2.49. The molecule has 0 saturated carbocycles. The molecule has 0 aliphatic rings. The molecule has 0 saturated heterocycles. The fourth-order valence-electron chi connectivity index (χ4n) is 2.28. The third-order valence-corrected chi connectivity index (χ3v) is 3.28. The van der Waals surface area contributed by atoms with E-state index in [2.05, 4.69) is 15.4 Å². The number of carbonyl (C=O) groups excluding carboxylic acids is 1. The third kappa shape index (κ3) is 2.31. The number of amides is 1. The van der Waals surface area contributed by atoms with Crippen molar-refractivity contribution in [2.45, 2.75) is 13.5 Å². The van der Waals surface area contributed by atoms with Gasteiger partial charge >= 0.3 is 0 Å². The molecule has 1 amide bonds. The molecule has 0 aliphatic carbocycles. The number of benzene rings is 1. The molecule has 21 heavy (non-hydrogen) atoms. The zero-order chi connectivity index (χ0) is 14.8. The summed E-state index contributed by atoms with van der Waals surface area (Å²) in [5.74, 6) is -0.275. The fourth-order valence-corrected chi connectivity index (χ4v) is 2.28. The SMILES string of the molecule is CCn1ncc(N)c1C(=O)Nc1cccc2ncccc12. The van der Waals surface area contributed by atoms with E-state index in [1.807, 2.05) is 37.3 Å². The van der Waals surface area contributed by atoms with E-state index in [-0.39, 0.29) is 5.91 Å². The average molecular weight is 281 g/mol. The molecular weight excluding hydrogens is 266 g/mol. The number of nitrogens with zero attached hydrogens (tertiary/aromatic N) is 3. The van der Waals surface area contributed by atoms with Crippen molar-refractivity contribution in [3.8, 4) is 0 Å². The first-order valence-electron chi connectivity index (χ1n) is 6.67. The molecule has 0 aliphatic heterocycles. The largest absolute Gasteiger partial charge is 0.396 e. The standard InChI is InChI=1S/C15H15N5O/c1-2-20-14(11(16)9-18-20)15(21)19-13-7-3-6-12-10(13)5-4-8-17-12/h3-9H,2,16H2,1H3,(H,19,21). The number of aromatic nitrogens is 3. The molecule has 0 radical (unpaired) electrons. The van der Waals surface area contributed by atoms with E-state index in [9.17, 15) is 4.79 Å². The Hall–Kier alpha value is -2.89. The Balaban J connectivity index is 1.99. The van der Waals surface area contributed by atoms with Crippen LogP contribution in [-0.4, -0.2) is 20.7 Å². The minimum Gasteiger partial charge on any atom is -0.396 e. The molecule has 6 heteroatoms. The molecule has 1 aromatic carbocycles. The molecule has 3 aromatic rings. The Morgan fingerprint density at radius 1 is 1.33 bits per heavy atom. The highest BCUT2D eigenvalue weighted by atomic mass is 16.2. The predicted octanol–water partition coefficient (Wildman–Crippen LogP) is 2.29. The quantitative estimate of drug-likeness (QED) is 0.771. The molecular formula is C15H15N5O. The van der Waals surface area contributed by atoms with E-state index in [0.717, 1.165) is 10.9 Å². The van der Waals surface area contributed by atoms with Crippen LogP contribution in [0, 0.1) is 0 Å². The van der Waals surface area contributed by atoms with Gasteiger partial charge in [0.1, 0.15) is 5.69 Å². The number of fused-ring (bicyclic) bond motifs is 1. The fraction of sp³-hybridized carbons (Fsp3) is 0.133. The highest BCUT2D eigenvalue weighted by molar-refractivity contribution is 6.10. The zero-order valence-electron chi connectivity index (χ0n) is 11.6. The van der Waals surface area contributed by atoms with Gasteiger partial charge in [-0.25, -0.2) is 0 Å². The summed E-state index contributed by atoms with van der Waals surface area (Å²) in [6, 6.07) is 9.34. The van der Waals surface area contributed by atoms with Crippen LogP contribution in [0.3, 0.4) is 0 Å². The van der Waals surface area contributed by atoms with Gasteiger partial charge in [0.2, 0.25) is 0 Å². The molecule has 0 fully saturated rings. The first kappa shape index (κ1) is 13.1. The van der Waals surface area contributed by atoms with Crippen molar-refractivity contribution in [2.24, 2.45) is 0 Å². The number of hydrogen-bond donors (Lipinski definition) is 2. The van der Waals surface area contributed by atoms with Crippen LogP contribution in [-0.2, 0) is 6.54 Å². The minimum atomic E-state index is -0.275. The second-order valence-electron chi connectivity index (χ2n) is 4.59. The summed E-state index contributed by atoms with van der Waals surface area (Å²) in [4.78, 5) is 16.7. The van der Waals surface area contributed by atoms with Gasteiger partial charge in [0.15, 0.2) is 0 Å². The number of rotatable bonds is 3. The Morgan fingerprint density at radius 2 is 2.19 bits per heavy atom. The van der Waals surface area contributed by atoms with Gasteiger partial charge in [-0.3, -0.25) is 14.5 Å². The smallest absolute Gasteiger partial charge is 0.276 e. The van der Waals surface area contributed by atoms with Crippen molar-refractivity contribution >= 4 is 28.2 Å². The van der Waals surface area contributed by atoms with E-state index >= 15 is 0 Å². The van der Waals surface area contributed by atoms with Crippen molar-refractivity contribution in [3.63, 3.8) is 0 Å². The number of aryl methyl sites for hydroxylation is 1. The highest BCUT2D eigenvalue weighted by Crippen LogP contribution is 2.22. The molecule has 6 nitrogen and oxygen atoms in total. The molecule has 106 valence electrons. The normalized spacial score (nSPS) is 10.7. The van der Waals surface area contributed by atoms with Crippen LogP contribution < -0.4 is 11.1 Å². The minimum absolute atomic E-state index is 0.275. The van der Waals surface area contributed by atoms with Gasteiger partial charge in [-0.15, -0.1) is 0 Å². The lowest BCUT2D eigenvalue weighted by atomic mass is 10.2. The molecule has 3 rings (SSSR count). The second-order valence-corrected chi connectivity index (χ2v) is 4.59. The number of carbonyl (C=O) groups is 1. The first-order valence-corrected chi connectivity index (χ1v) is 6.67. The number of nitrogens with two attached hydrogens (primary N) is 1. The second kappa shape index (κ2) is 5.24. The van der Waals surface area contributed by atoms with E-state index in [1.165, 1.54) is 6.20 Å². The van der Waals surface area contributed by atoms with E-state index in [0.29, 0.717) is 23.6 Å². The lowest BCUT2D eigenvalue weighted by molar-refractivity contribution is 0.101. The maximum atomic E-state index is 12.4. The number of pyridine rings is 1. The van der Waals surface area contributed by atoms with Gasteiger partial charge in [0.25, 0.3) is 5.91 Å². The van der Waals surface area contributed by atoms with Crippen LogP contribution in [0.25, 0.3) is 10.9 Å². The Bertz CT molecular complexity index is 803. The number of nitrogen functional groups attached to an aromatic ring is 1. The van der Waals surface area contributed by atoms with Gasteiger partial charge in [-0.05, 0) is 31.2 Å². The van der Waals surface area contributed by atoms with Gasteiger partial charge in [0.05, 0.1) is 23.1 Å². The monoisotopic (exact) mass is 281 g/mol. The summed E-state index contributed by atoms with van der Waals surface area (Å²) in [5.41, 5.74) is 8.10. The maximum absolute atomic E-state index is 12.4. The molecule has 0 atom stereocenters. The van der Waals surface area contributed by atoms with Crippen molar-refractivity contribution in [2.75, 3.05) is 11.1 Å². The molecule has 2 heterocycles. The summed E-state index contributed by atoms with van der Waals surface area (Å²) in [6.07, 6.45) is 3.21. The van der Waals surface area contributed by atoms with Gasteiger partial charge in [-0.1, -0.05) is 6.07 Å². The van der Waals surface area contributed by atoms with E-state index in [1.54, 1.807) is 10.9 Å². The molecule has 2 aromatic heterocycles. The van der Waals surface area contributed by atoms with Crippen molar-refractivity contribution in [1.29, 1.82) is 0 Å². The van der Waals surface area contributed by atoms with Crippen molar-refractivity contribution in [1.82, 2.24) is 14.8 Å². The van der Waals surface area contributed by atoms with Crippen molar-refractivity contribution < 1.29 is 4.79 Å². The Kier molecular flexibility index (Phi) is 3.27. The highest BCUT2D eigenvalue weighted by Gasteiger charge is 2.17. The van der Waals surface area contributed by atoms with Crippen LogP contribution in [0.15, 0.2) is 42.7 Å². The maximum Gasteiger partial charge on any atom is 0.276 e. The van der Waals surface area contributed by atoms with E-state index < -0.39 is 0 Å². The topological polar surface area (TPSA) is 85.8 Å². The van der Waals surface area contributed by atoms with Crippen LogP contribution >= 0.6 is 0 Å². The molecule has 0 bridgehead atoms. The summed E-state index contributed by atoms with van der Waals surface area (Å²) >= 11 is 0. The van der Waals surface area contributed by atoms with Gasteiger partial charge in [0, 0.05) is 18.1 Å². The van der Waals surface area contributed by atoms with Crippen LogP contribution in [0.2, 0.25) is 0 Å². The first-order chi connectivity index (χ1) is 10.2. The lowest BCUT2D eigenvalue weighted by Gasteiger charge is -2.09. The summed E-state index contributed by atoms with van der Waals surface area (Å²) in [5, 5.41) is 7.84. The number of nitrogens with one attached hydrogen (secondary N) is 1. The summed E-state index contributed by atoms with van der Waals surface area (Å²) in [7, 11) is 0. The van der Waals surface area contributed by atoms with E-state index in [4.69, 9.17) is 5.73 Å². The Morgan fingerprint density at radius 3 is 3.00 bits per heavy atom. The van der Waals surface area contributed by atoms with Gasteiger partial charge < -0.3 is 11.1 Å². The Labute approximate surface area is 121 Å². The van der Waals surface area contributed by atoms with Crippen molar-refractivity contribution in [3.05, 3.63) is 48.4 Å².